The summed E-state index contributed by atoms with van der Waals surface area (Å²) in [6.07, 6.45) is 0. The van der Waals surface area contributed by atoms with E-state index in [1.165, 1.54) is 11.6 Å². The van der Waals surface area contributed by atoms with Crippen LogP contribution in [0.3, 0.4) is 0 Å². The fourth-order valence-corrected chi connectivity index (χ4v) is 2.94. The Hall–Kier alpha value is -2.22. The first-order valence-corrected chi connectivity index (χ1v) is 7.91. The molecule has 3 nitrogen and oxygen atoms in total. The highest BCUT2D eigenvalue weighted by Gasteiger charge is 2.17. The molecule has 0 unspecified atom stereocenters. The van der Waals surface area contributed by atoms with Gasteiger partial charge in [-0.3, -0.25) is 9.80 Å². The van der Waals surface area contributed by atoms with Gasteiger partial charge in [0.1, 0.15) is 5.82 Å². The summed E-state index contributed by atoms with van der Waals surface area (Å²) >= 11 is 0. The summed E-state index contributed by atoms with van der Waals surface area (Å²) in [7, 11) is 0. The highest BCUT2D eigenvalue weighted by atomic mass is 19.1. The Bertz CT molecular complexity index is 683. The van der Waals surface area contributed by atoms with Crippen molar-refractivity contribution >= 4 is 0 Å². The fourth-order valence-electron chi connectivity index (χ4n) is 2.94. The lowest BCUT2D eigenvalue weighted by Gasteiger charge is -2.34. The van der Waals surface area contributed by atoms with Gasteiger partial charge < -0.3 is 0 Å². The van der Waals surface area contributed by atoms with Gasteiger partial charge in [-0.25, -0.2) is 4.39 Å². The number of hydrogen-bond acceptors (Lipinski definition) is 3. The first kappa shape index (κ1) is 15.7. The van der Waals surface area contributed by atoms with Gasteiger partial charge in [0.15, 0.2) is 0 Å². The van der Waals surface area contributed by atoms with E-state index in [9.17, 15) is 4.39 Å². The van der Waals surface area contributed by atoms with Crippen molar-refractivity contribution in [2.24, 2.45) is 0 Å². The van der Waals surface area contributed by atoms with Crippen molar-refractivity contribution in [1.29, 1.82) is 5.26 Å². The molecule has 2 aromatic carbocycles. The van der Waals surface area contributed by atoms with Crippen LogP contribution in [0.15, 0.2) is 48.5 Å². The van der Waals surface area contributed by atoms with Crippen molar-refractivity contribution in [2.45, 2.75) is 13.1 Å². The van der Waals surface area contributed by atoms with Gasteiger partial charge in [-0.05, 0) is 35.4 Å². The molecular weight excluding hydrogens is 289 g/mol. The highest BCUT2D eigenvalue weighted by Crippen LogP contribution is 2.13. The number of halogens is 1. The van der Waals surface area contributed by atoms with E-state index in [2.05, 4.69) is 15.9 Å². The van der Waals surface area contributed by atoms with Crippen LogP contribution in [0.1, 0.15) is 16.7 Å². The molecule has 4 heteroatoms. The Balaban J connectivity index is 1.49. The maximum absolute atomic E-state index is 13.2. The summed E-state index contributed by atoms with van der Waals surface area (Å²) in [5, 5.41) is 8.83. The minimum atomic E-state index is -0.165. The van der Waals surface area contributed by atoms with E-state index in [1.807, 2.05) is 30.3 Å². The Morgan fingerprint density at radius 3 is 2.04 bits per heavy atom. The lowest BCUT2D eigenvalue weighted by Crippen LogP contribution is -2.45. The largest absolute Gasteiger partial charge is 0.297 e. The van der Waals surface area contributed by atoms with E-state index in [1.54, 1.807) is 12.1 Å². The van der Waals surface area contributed by atoms with Crippen molar-refractivity contribution in [1.82, 2.24) is 9.80 Å². The van der Waals surface area contributed by atoms with E-state index in [0.29, 0.717) is 5.56 Å². The van der Waals surface area contributed by atoms with Crippen LogP contribution in [-0.2, 0) is 13.1 Å². The highest BCUT2D eigenvalue weighted by molar-refractivity contribution is 5.31. The van der Waals surface area contributed by atoms with E-state index in [0.717, 1.165) is 44.8 Å². The van der Waals surface area contributed by atoms with E-state index in [4.69, 9.17) is 5.26 Å². The van der Waals surface area contributed by atoms with Gasteiger partial charge in [0.25, 0.3) is 0 Å². The molecule has 0 bridgehead atoms. The van der Waals surface area contributed by atoms with Gasteiger partial charge in [0, 0.05) is 39.3 Å². The molecule has 0 aliphatic carbocycles. The van der Waals surface area contributed by atoms with Crippen LogP contribution in [0.2, 0.25) is 0 Å². The minimum absolute atomic E-state index is 0.165. The van der Waals surface area contributed by atoms with Crippen LogP contribution in [0.5, 0.6) is 0 Å². The lowest BCUT2D eigenvalue weighted by molar-refractivity contribution is 0.122. The molecule has 2 aromatic rings. The summed E-state index contributed by atoms with van der Waals surface area (Å²) < 4.78 is 13.2. The Morgan fingerprint density at radius 1 is 0.870 bits per heavy atom. The predicted molar refractivity (Wildman–Crippen MR) is 88.1 cm³/mol. The molecule has 23 heavy (non-hydrogen) atoms. The summed E-state index contributed by atoms with van der Waals surface area (Å²) in [5.74, 6) is -0.165. The van der Waals surface area contributed by atoms with Gasteiger partial charge >= 0.3 is 0 Å². The first-order chi connectivity index (χ1) is 11.2. The first-order valence-electron chi connectivity index (χ1n) is 7.91. The third kappa shape index (κ3) is 4.38. The van der Waals surface area contributed by atoms with Crippen molar-refractivity contribution in [3.63, 3.8) is 0 Å². The topological polar surface area (TPSA) is 30.3 Å². The van der Waals surface area contributed by atoms with Crippen LogP contribution in [-0.4, -0.2) is 36.0 Å². The second-order valence-corrected chi connectivity index (χ2v) is 5.99. The van der Waals surface area contributed by atoms with Gasteiger partial charge in [-0.1, -0.05) is 24.3 Å². The fraction of sp³-hybridized carbons (Fsp3) is 0.316. The number of nitriles is 1. The van der Waals surface area contributed by atoms with Crippen molar-refractivity contribution < 1.29 is 4.39 Å². The molecule has 0 atom stereocenters. The van der Waals surface area contributed by atoms with Crippen LogP contribution in [0.25, 0.3) is 0 Å². The maximum Gasteiger partial charge on any atom is 0.123 e. The molecule has 0 saturated carbocycles. The number of rotatable bonds is 4. The molecule has 0 aromatic heterocycles. The molecule has 1 aliphatic rings. The van der Waals surface area contributed by atoms with Crippen LogP contribution in [0.4, 0.5) is 4.39 Å². The van der Waals surface area contributed by atoms with Crippen LogP contribution >= 0.6 is 0 Å². The number of benzene rings is 2. The molecule has 0 spiro atoms. The molecule has 118 valence electrons. The zero-order valence-electron chi connectivity index (χ0n) is 13.1. The molecule has 1 aliphatic heterocycles. The quantitative estimate of drug-likeness (QED) is 0.870. The molecule has 1 saturated heterocycles. The van der Waals surface area contributed by atoms with Crippen molar-refractivity contribution in [3.8, 4) is 6.07 Å². The molecule has 0 radical (unpaired) electrons. The zero-order chi connectivity index (χ0) is 16.1. The molecular formula is C19H20FN3. The van der Waals surface area contributed by atoms with E-state index >= 15 is 0 Å². The Kier molecular flexibility index (Phi) is 5.02. The molecule has 3 rings (SSSR count). The third-order valence-corrected chi connectivity index (χ3v) is 4.25. The SMILES string of the molecule is N#Cc1ccc(CN2CCN(Cc3cccc(F)c3)CC2)cc1. The van der Waals surface area contributed by atoms with Gasteiger partial charge in [-0.15, -0.1) is 0 Å². The van der Waals surface area contributed by atoms with Crippen LogP contribution in [0, 0.1) is 17.1 Å². The second kappa shape index (κ2) is 7.36. The zero-order valence-corrected chi connectivity index (χ0v) is 13.1. The summed E-state index contributed by atoms with van der Waals surface area (Å²) in [6.45, 7) is 5.73. The normalized spacial score (nSPS) is 16.2. The second-order valence-electron chi connectivity index (χ2n) is 5.99. The number of nitrogens with zero attached hydrogens (tertiary/aromatic N) is 3. The van der Waals surface area contributed by atoms with Gasteiger partial charge in [-0.2, -0.15) is 5.26 Å². The Labute approximate surface area is 136 Å². The third-order valence-electron chi connectivity index (χ3n) is 4.25. The summed E-state index contributed by atoms with van der Waals surface area (Å²) in [4.78, 5) is 4.79. The summed E-state index contributed by atoms with van der Waals surface area (Å²) in [5.41, 5.74) is 2.97. The monoisotopic (exact) mass is 309 g/mol. The molecule has 0 N–H and O–H groups in total. The standard InChI is InChI=1S/C19H20FN3/c20-19-3-1-2-18(12-19)15-23-10-8-22(9-11-23)14-17-6-4-16(13-21)5-7-17/h1-7,12H,8-11,14-15H2. The number of hydrogen-bond donors (Lipinski definition) is 0. The van der Waals surface area contributed by atoms with Crippen molar-refractivity contribution in [2.75, 3.05) is 26.2 Å². The smallest absolute Gasteiger partial charge is 0.123 e. The lowest BCUT2D eigenvalue weighted by atomic mass is 10.1. The average molecular weight is 309 g/mol. The van der Waals surface area contributed by atoms with Crippen LogP contribution < -0.4 is 0 Å². The van der Waals surface area contributed by atoms with E-state index < -0.39 is 0 Å². The molecule has 1 heterocycles. The molecule has 1 fully saturated rings. The minimum Gasteiger partial charge on any atom is -0.297 e. The maximum atomic E-state index is 13.2. The van der Waals surface area contributed by atoms with Gasteiger partial charge in [0.05, 0.1) is 11.6 Å². The molecule has 0 amide bonds. The van der Waals surface area contributed by atoms with Crippen molar-refractivity contribution in [3.05, 3.63) is 71.0 Å². The summed E-state index contributed by atoms with van der Waals surface area (Å²) in [6, 6.07) is 16.8. The Morgan fingerprint density at radius 2 is 1.48 bits per heavy atom. The average Bonchev–Trinajstić information content (AvgIpc) is 2.57. The van der Waals surface area contributed by atoms with E-state index in [-0.39, 0.29) is 5.82 Å². The predicted octanol–water partition coefficient (Wildman–Crippen LogP) is 3.02. The van der Waals surface area contributed by atoms with Gasteiger partial charge in [0.2, 0.25) is 0 Å². The number of piperazine rings is 1.